The first-order chi connectivity index (χ1) is 11.6. The van der Waals surface area contributed by atoms with Gasteiger partial charge in [0.25, 0.3) is 0 Å². The summed E-state index contributed by atoms with van der Waals surface area (Å²) in [6.07, 6.45) is 2.96. The lowest BCUT2D eigenvalue weighted by molar-refractivity contribution is -0.116. The minimum Gasteiger partial charge on any atom is -0.496 e. The molecular weight excluding hydrogens is 316 g/mol. The summed E-state index contributed by atoms with van der Waals surface area (Å²) in [5.41, 5.74) is 1.57. The fraction of sp³-hybridized carbons (Fsp3) is 0.167. The fourth-order valence-electron chi connectivity index (χ4n) is 2.02. The molecule has 126 valence electrons. The minimum absolute atomic E-state index is 0.0720. The molecule has 1 amide bonds. The molecule has 0 saturated carbocycles. The van der Waals surface area contributed by atoms with Crippen LogP contribution in [0, 0.1) is 0 Å². The van der Waals surface area contributed by atoms with Gasteiger partial charge in [0.15, 0.2) is 0 Å². The normalized spacial score (nSPS) is 10.8. The van der Waals surface area contributed by atoms with Gasteiger partial charge in [0.1, 0.15) is 11.5 Å². The molecule has 0 heterocycles. The van der Waals surface area contributed by atoms with Crippen molar-refractivity contribution in [1.82, 2.24) is 5.32 Å². The minimum atomic E-state index is -2.85. The number of halogens is 2. The van der Waals surface area contributed by atoms with E-state index in [9.17, 15) is 13.6 Å². The molecule has 0 saturated heterocycles. The maximum absolute atomic E-state index is 12.1. The Kier molecular flexibility index (Phi) is 6.31. The summed E-state index contributed by atoms with van der Waals surface area (Å²) in [5, 5.41) is 2.75. The van der Waals surface area contributed by atoms with Gasteiger partial charge < -0.3 is 14.8 Å². The van der Waals surface area contributed by atoms with Gasteiger partial charge in [0.05, 0.1) is 7.11 Å². The highest BCUT2D eigenvalue weighted by atomic mass is 19.3. The van der Waals surface area contributed by atoms with Crippen LogP contribution in [-0.4, -0.2) is 19.6 Å². The van der Waals surface area contributed by atoms with Crippen molar-refractivity contribution >= 4 is 12.0 Å². The molecule has 0 aromatic heterocycles. The average Bonchev–Trinajstić information content (AvgIpc) is 2.59. The molecule has 0 aliphatic heterocycles. The van der Waals surface area contributed by atoms with Crippen LogP contribution in [0.1, 0.15) is 11.1 Å². The summed E-state index contributed by atoms with van der Waals surface area (Å²) < 4.78 is 33.6. The van der Waals surface area contributed by atoms with Gasteiger partial charge in [-0.15, -0.1) is 0 Å². The Labute approximate surface area is 138 Å². The fourth-order valence-corrected chi connectivity index (χ4v) is 2.02. The lowest BCUT2D eigenvalue weighted by Gasteiger charge is -2.08. The van der Waals surface area contributed by atoms with Gasteiger partial charge >= 0.3 is 6.61 Å². The summed E-state index contributed by atoms with van der Waals surface area (Å²) >= 11 is 0. The monoisotopic (exact) mass is 333 g/mol. The van der Waals surface area contributed by atoms with Crippen LogP contribution in [0.4, 0.5) is 8.78 Å². The summed E-state index contributed by atoms with van der Waals surface area (Å²) in [5.74, 6) is 0.507. The zero-order chi connectivity index (χ0) is 17.4. The van der Waals surface area contributed by atoms with Crippen molar-refractivity contribution in [1.29, 1.82) is 0 Å². The van der Waals surface area contributed by atoms with Crippen LogP contribution in [0.3, 0.4) is 0 Å². The second-order valence-corrected chi connectivity index (χ2v) is 4.81. The van der Waals surface area contributed by atoms with Gasteiger partial charge in [-0.25, -0.2) is 0 Å². The van der Waals surface area contributed by atoms with Crippen molar-refractivity contribution in [3.63, 3.8) is 0 Å². The topological polar surface area (TPSA) is 47.6 Å². The van der Waals surface area contributed by atoms with E-state index >= 15 is 0 Å². The largest absolute Gasteiger partial charge is 0.496 e. The first kappa shape index (κ1) is 17.5. The second-order valence-electron chi connectivity index (χ2n) is 4.81. The van der Waals surface area contributed by atoms with Gasteiger partial charge in [-0.3, -0.25) is 4.79 Å². The van der Waals surface area contributed by atoms with E-state index in [-0.39, 0.29) is 11.7 Å². The molecule has 2 rings (SSSR count). The lowest BCUT2D eigenvalue weighted by atomic mass is 10.2. The van der Waals surface area contributed by atoms with Crippen molar-refractivity contribution in [3.05, 3.63) is 65.7 Å². The smallest absolute Gasteiger partial charge is 0.387 e. The Balaban J connectivity index is 1.88. The van der Waals surface area contributed by atoms with E-state index in [2.05, 4.69) is 10.1 Å². The number of ether oxygens (including phenoxy) is 2. The molecule has 4 nitrogen and oxygen atoms in total. The number of amides is 1. The van der Waals surface area contributed by atoms with Crippen LogP contribution in [-0.2, 0) is 11.3 Å². The molecular formula is C18H17F2NO3. The Bertz CT molecular complexity index is 700. The molecule has 1 N–H and O–H groups in total. The van der Waals surface area contributed by atoms with E-state index in [1.54, 1.807) is 25.3 Å². The number of hydrogen-bond donors (Lipinski definition) is 1. The lowest BCUT2D eigenvalue weighted by Crippen LogP contribution is -2.20. The first-order valence-corrected chi connectivity index (χ1v) is 7.21. The molecule has 0 atom stereocenters. The van der Waals surface area contributed by atoms with Crippen LogP contribution in [0.15, 0.2) is 54.6 Å². The Morgan fingerprint density at radius 3 is 2.54 bits per heavy atom. The van der Waals surface area contributed by atoms with Gasteiger partial charge in [0, 0.05) is 18.2 Å². The van der Waals surface area contributed by atoms with Crippen molar-refractivity contribution in [2.24, 2.45) is 0 Å². The summed E-state index contributed by atoms with van der Waals surface area (Å²) in [7, 11) is 1.57. The summed E-state index contributed by atoms with van der Waals surface area (Å²) in [6.45, 7) is -2.51. The van der Waals surface area contributed by atoms with Gasteiger partial charge in [-0.1, -0.05) is 30.3 Å². The van der Waals surface area contributed by atoms with Crippen LogP contribution < -0.4 is 14.8 Å². The Hall–Kier alpha value is -2.89. The summed E-state index contributed by atoms with van der Waals surface area (Å²) in [6, 6.07) is 13.4. The van der Waals surface area contributed by atoms with Crippen molar-refractivity contribution in [3.8, 4) is 11.5 Å². The molecule has 0 fully saturated rings. The van der Waals surface area contributed by atoms with E-state index in [1.165, 1.54) is 18.2 Å². The number of nitrogens with one attached hydrogen (secondary N) is 1. The predicted molar refractivity (Wildman–Crippen MR) is 86.9 cm³/mol. The van der Waals surface area contributed by atoms with E-state index in [1.807, 2.05) is 24.3 Å². The summed E-state index contributed by atoms with van der Waals surface area (Å²) in [4.78, 5) is 11.8. The number of benzene rings is 2. The van der Waals surface area contributed by atoms with E-state index in [0.717, 1.165) is 5.56 Å². The highest BCUT2D eigenvalue weighted by Gasteiger charge is 2.04. The zero-order valence-electron chi connectivity index (χ0n) is 13.0. The number of methoxy groups -OCH3 is 1. The quantitative estimate of drug-likeness (QED) is 0.787. The van der Waals surface area contributed by atoms with Crippen molar-refractivity contribution < 1.29 is 23.0 Å². The standard InChI is InChI=1S/C18H17F2NO3/c1-23-16-5-3-2-4-14(16)12-21-17(22)11-8-13-6-9-15(10-7-13)24-18(19)20/h2-11,18H,12H2,1H3,(H,21,22)/b11-8+. The SMILES string of the molecule is COc1ccccc1CNC(=O)/C=C/c1ccc(OC(F)F)cc1. The molecule has 6 heteroatoms. The third-order valence-corrected chi connectivity index (χ3v) is 3.18. The van der Waals surface area contributed by atoms with Crippen molar-refractivity contribution in [2.45, 2.75) is 13.2 Å². The van der Waals surface area contributed by atoms with Gasteiger partial charge in [-0.2, -0.15) is 8.78 Å². The van der Waals surface area contributed by atoms with Crippen LogP contribution in [0.5, 0.6) is 11.5 Å². The Morgan fingerprint density at radius 2 is 1.88 bits per heavy atom. The van der Waals surface area contributed by atoms with E-state index in [4.69, 9.17) is 4.74 Å². The number of hydrogen-bond acceptors (Lipinski definition) is 3. The molecule has 2 aromatic rings. The molecule has 0 bridgehead atoms. The van der Waals surface area contributed by atoms with Crippen LogP contribution in [0.2, 0.25) is 0 Å². The van der Waals surface area contributed by atoms with Gasteiger partial charge in [-0.05, 0) is 29.8 Å². The molecule has 2 aromatic carbocycles. The molecule has 0 aliphatic carbocycles. The third-order valence-electron chi connectivity index (χ3n) is 3.18. The Morgan fingerprint density at radius 1 is 1.17 bits per heavy atom. The molecule has 24 heavy (non-hydrogen) atoms. The molecule has 0 unspecified atom stereocenters. The number of para-hydroxylation sites is 1. The average molecular weight is 333 g/mol. The zero-order valence-corrected chi connectivity index (χ0v) is 13.0. The highest BCUT2D eigenvalue weighted by Crippen LogP contribution is 2.17. The maximum Gasteiger partial charge on any atom is 0.387 e. The third kappa shape index (κ3) is 5.39. The second kappa shape index (κ2) is 8.67. The number of carbonyl (C=O) groups is 1. The highest BCUT2D eigenvalue weighted by molar-refractivity contribution is 5.91. The first-order valence-electron chi connectivity index (χ1n) is 7.21. The number of rotatable bonds is 7. The predicted octanol–water partition coefficient (Wildman–Crippen LogP) is 3.63. The van der Waals surface area contributed by atoms with Crippen LogP contribution in [0.25, 0.3) is 6.08 Å². The molecule has 0 radical (unpaired) electrons. The van der Waals surface area contributed by atoms with Crippen LogP contribution >= 0.6 is 0 Å². The number of alkyl halides is 2. The van der Waals surface area contributed by atoms with Crippen molar-refractivity contribution in [2.75, 3.05) is 7.11 Å². The van der Waals surface area contributed by atoms with Gasteiger partial charge in [0.2, 0.25) is 5.91 Å². The molecule has 0 aliphatic rings. The van der Waals surface area contributed by atoms with E-state index in [0.29, 0.717) is 17.9 Å². The molecule has 0 spiro atoms. The van der Waals surface area contributed by atoms with E-state index < -0.39 is 6.61 Å². The maximum atomic E-state index is 12.1. The number of carbonyl (C=O) groups excluding carboxylic acids is 1.